The molecule has 2 N–H and O–H groups in total. The van der Waals surface area contributed by atoms with Crippen molar-refractivity contribution in [2.75, 3.05) is 5.73 Å². The Hall–Kier alpha value is -2.75. The second-order valence-corrected chi connectivity index (χ2v) is 3.83. The van der Waals surface area contributed by atoms with Crippen molar-refractivity contribution in [1.29, 1.82) is 5.26 Å². The second kappa shape index (κ2) is 5.09. The zero-order valence-electron chi connectivity index (χ0n) is 9.98. The quantitative estimate of drug-likeness (QED) is 0.915. The summed E-state index contributed by atoms with van der Waals surface area (Å²) in [6, 6.07) is 7.73. The molecule has 1 heterocycles. The first-order valence-corrected chi connectivity index (χ1v) is 5.41. The predicted octanol–water partition coefficient (Wildman–Crippen LogP) is 3.35. The van der Waals surface area contributed by atoms with E-state index in [1.165, 1.54) is 24.4 Å². The molecular weight excluding hydrogens is 271 g/mol. The smallest absolute Gasteiger partial charge is 0.419 e. The molecule has 102 valence electrons. The van der Waals surface area contributed by atoms with Crippen LogP contribution in [0, 0.1) is 11.3 Å². The van der Waals surface area contributed by atoms with Crippen LogP contribution < -0.4 is 10.5 Å². The van der Waals surface area contributed by atoms with Crippen LogP contribution in [0.5, 0.6) is 11.6 Å². The van der Waals surface area contributed by atoms with E-state index in [2.05, 4.69) is 4.98 Å². The monoisotopic (exact) mass is 279 g/mol. The Balaban J connectivity index is 2.44. The molecule has 0 spiro atoms. The Morgan fingerprint density at radius 3 is 2.60 bits per heavy atom. The molecule has 7 heteroatoms. The number of nitrogens with two attached hydrogens (primary N) is 1. The van der Waals surface area contributed by atoms with Gasteiger partial charge in [-0.1, -0.05) is 12.1 Å². The number of rotatable bonds is 2. The van der Waals surface area contributed by atoms with Gasteiger partial charge in [-0.15, -0.1) is 0 Å². The maximum absolute atomic E-state index is 12.8. The largest absolute Gasteiger partial charge is 0.437 e. The Morgan fingerprint density at radius 2 is 1.95 bits per heavy atom. The minimum Gasteiger partial charge on any atom is -0.437 e. The lowest BCUT2D eigenvalue weighted by Gasteiger charge is -2.13. The first-order valence-electron chi connectivity index (χ1n) is 5.41. The molecule has 0 atom stereocenters. The normalized spacial score (nSPS) is 10.9. The molecule has 1 aromatic heterocycles. The van der Waals surface area contributed by atoms with Gasteiger partial charge in [0, 0.05) is 0 Å². The van der Waals surface area contributed by atoms with E-state index in [9.17, 15) is 13.2 Å². The van der Waals surface area contributed by atoms with Crippen molar-refractivity contribution in [3.8, 4) is 17.7 Å². The number of hydrogen-bond donors (Lipinski definition) is 1. The molecule has 0 bridgehead atoms. The molecule has 0 fully saturated rings. The van der Waals surface area contributed by atoms with Crippen LogP contribution in [0.15, 0.2) is 36.5 Å². The van der Waals surface area contributed by atoms with E-state index >= 15 is 0 Å². The maximum atomic E-state index is 12.8. The molecule has 2 rings (SSSR count). The topological polar surface area (TPSA) is 71.9 Å². The van der Waals surface area contributed by atoms with Crippen LogP contribution in [-0.4, -0.2) is 4.98 Å². The van der Waals surface area contributed by atoms with Gasteiger partial charge in [0.2, 0.25) is 5.88 Å². The summed E-state index contributed by atoms with van der Waals surface area (Å²) >= 11 is 0. The van der Waals surface area contributed by atoms with Gasteiger partial charge in [-0.3, -0.25) is 0 Å². The summed E-state index contributed by atoms with van der Waals surface area (Å²) in [5.74, 6) is -0.646. The number of anilines is 1. The molecule has 0 unspecified atom stereocenters. The highest BCUT2D eigenvalue weighted by Gasteiger charge is 2.34. The summed E-state index contributed by atoms with van der Waals surface area (Å²) in [5, 5.41) is 8.90. The SMILES string of the molecule is N#Cc1cc(N)cnc1Oc1ccccc1C(F)(F)F. The molecule has 0 aliphatic carbocycles. The van der Waals surface area contributed by atoms with Crippen LogP contribution in [0.3, 0.4) is 0 Å². The van der Waals surface area contributed by atoms with Gasteiger partial charge in [-0.2, -0.15) is 18.4 Å². The lowest BCUT2D eigenvalue weighted by Crippen LogP contribution is -2.07. The molecule has 0 saturated heterocycles. The fraction of sp³-hybridized carbons (Fsp3) is 0.0769. The minimum absolute atomic E-state index is 0.0398. The van der Waals surface area contributed by atoms with Crippen LogP contribution in [0.25, 0.3) is 0 Å². The summed E-state index contributed by atoms with van der Waals surface area (Å²) < 4.78 is 43.5. The van der Waals surface area contributed by atoms with Gasteiger partial charge < -0.3 is 10.5 Å². The number of nitriles is 1. The Bertz CT molecular complexity index is 677. The first kappa shape index (κ1) is 13.7. The highest BCUT2D eigenvalue weighted by Crippen LogP contribution is 2.38. The van der Waals surface area contributed by atoms with Crippen molar-refractivity contribution in [3.05, 3.63) is 47.7 Å². The van der Waals surface area contributed by atoms with Crippen molar-refractivity contribution in [3.63, 3.8) is 0 Å². The van der Waals surface area contributed by atoms with Crippen LogP contribution in [0.4, 0.5) is 18.9 Å². The van der Waals surface area contributed by atoms with E-state index in [0.29, 0.717) is 0 Å². The molecule has 2 aromatic rings. The average molecular weight is 279 g/mol. The average Bonchev–Trinajstić information content (AvgIpc) is 2.40. The molecule has 0 aliphatic rings. The zero-order valence-corrected chi connectivity index (χ0v) is 9.98. The van der Waals surface area contributed by atoms with Crippen LogP contribution in [-0.2, 0) is 6.18 Å². The highest BCUT2D eigenvalue weighted by atomic mass is 19.4. The van der Waals surface area contributed by atoms with Gasteiger partial charge in [0.25, 0.3) is 0 Å². The second-order valence-electron chi connectivity index (χ2n) is 3.83. The zero-order chi connectivity index (χ0) is 14.8. The van der Waals surface area contributed by atoms with Gasteiger partial charge in [0.15, 0.2) is 0 Å². The number of benzene rings is 1. The molecule has 0 aliphatic heterocycles. The number of aromatic nitrogens is 1. The maximum Gasteiger partial charge on any atom is 0.419 e. The Morgan fingerprint density at radius 1 is 1.25 bits per heavy atom. The molecular formula is C13H8F3N3O. The van der Waals surface area contributed by atoms with Gasteiger partial charge >= 0.3 is 6.18 Å². The standard InChI is InChI=1S/C13H8F3N3O/c14-13(15,16)10-3-1-2-4-11(10)20-12-8(6-17)5-9(18)7-19-12/h1-5,7H,18H2. The van der Waals surface area contributed by atoms with E-state index in [0.717, 1.165) is 12.1 Å². The van der Waals surface area contributed by atoms with Gasteiger partial charge in [-0.25, -0.2) is 4.98 Å². The first-order chi connectivity index (χ1) is 9.41. The van der Waals surface area contributed by atoms with E-state index in [1.54, 1.807) is 6.07 Å². The van der Waals surface area contributed by atoms with Crippen molar-refractivity contribution in [1.82, 2.24) is 4.98 Å². The minimum atomic E-state index is -4.56. The third kappa shape index (κ3) is 2.80. The number of alkyl halides is 3. The van der Waals surface area contributed by atoms with E-state index < -0.39 is 17.5 Å². The van der Waals surface area contributed by atoms with Gasteiger partial charge in [-0.05, 0) is 18.2 Å². The summed E-state index contributed by atoms with van der Waals surface area (Å²) in [6.07, 6.45) is -3.36. The van der Waals surface area contributed by atoms with Crippen molar-refractivity contribution in [2.45, 2.75) is 6.18 Å². The number of pyridine rings is 1. The number of para-hydroxylation sites is 1. The molecule has 20 heavy (non-hydrogen) atoms. The molecule has 4 nitrogen and oxygen atoms in total. The van der Waals surface area contributed by atoms with E-state index in [4.69, 9.17) is 15.7 Å². The van der Waals surface area contributed by atoms with E-state index in [-0.39, 0.29) is 17.1 Å². The highest BCUT2D eigenvalue weighted by molar-refractivity contribution is 5.50. The van der Waals surface area contributed by atoms with E-state index in [1.807, 2.05) is 0 Å². The van der Waals surface area contributed by atoms with Crippen molar-refractivity contribution in [2.24, 2.45) is 0 Å². The van der Waals surface area contributed by atoms with Crippen LogP contribution >= 0.6 is 0 Å². The van der Waals surface area contributed by atoms with Crippen LogP contribution in [0.2, 0.25) is 0 Å². The summed E-state index contributed by atoms with van der Waals surface area (Å²) in [6.45, 7) is 0. The Kier molecular flexibility index (Phi) is 3.48. The summed E-state index contributed by atoms with van der Waals surface area (Å²) in [5.41, 5.74) is 4.68. The molecule has 0 amide bonds. The lowest BCUT2D eigenvalue weighted by molar-refractivity contribution is -0.138. The predicted molar refractivity (Wildman–Crippen MR) is 64.9 cm³/mol. The van der Waals surface area contributed by atoms with Gasteiger partial charge in [0.1, 0.15) is 17.4 Å². The van der Waals surface area contributed by atoms with Gasteiger partial charge in [0.05, 0.1) is 17.4 Å². The van der Waals surface area contributed by atoms with Crippen molar-refractivity contribution >= 4 is 5.69 Å². The fourth-order valence-electron chi connectivity index (χ4n) is 1.52. The number of nitrogens with zero attached hydrogens (tertiary/aromatic N) is 2. The summed E-state index contributed by atoms with van der Waals surface area (Å²) in [4.78, 5) is 3.73. The van der Waals surface area contributed by atoms with Crippen molar-refractivity contribution < 1.29 is 17.9 Å². The molecule has 0 radical (unpaired) electrons. The number of ether oxygens (including phenoxy) is 1. The molecule has 0 saturated carbocycles. The summed E-state index contributed by atoms with van der Waals surface area (Å²) in [7, 11) is 0. The third-order valence-electron chi connectivity index (χ3n) is 2.39. The molecule has 1 aromatic carbocycles. The number of nitrogen functional groups attached to an aromatic ring is 1. The van der Waals surface area contributed by atoms with Crippen LogP contribution in [0.1, 0.15) is 11.1 Å². The number of halogens is 3. The Labute approximate surface area is 112 Å². The number of hydrogen-bond acceptors (Lipinski definition) is 4. The third-order valence-corrected chi connectivity index (χ3v) is 2.39. The lowest BCUT2D eigenvalue weighted by atomic mass is 10.2. The fourth-order valence-corrected chi connectivity index (χ4v) is 1.52.